The molecule has 0 N–H and O–H groups in total. The summed E-state index contributed by atoms with van der Waals surface area (Å²) in [7, 11) is 1.61. The first-order valence-corrected chi connectivity index (χ1v) is 4.90. The minimum absolute atomic E-state index is 0.307. The summed E-state index contributed by atoms with van der Waals surface area (Å²) in [5, 5.41) is 0. The van der Waals surface area contributed by atoms with Gasteiger partial charge in [-0.15, -0.1) is 5.73 Å². The Morgan fingerprint density at radius 1 is 1.33 bits per heavy atom. The molecule has 0 unspecified atom stereocenters. The van der Waals surface area contributed by atoms with Crippen LogP contribution in [0.15, 0.2) is 42.1 Å². The standard InChI is InChI=1S/C13H16O2/c1-3-7-13(10-15-11-14-2)12-8-5-4-6-9-12/h3-6,8-9H,10-11H2,1-2H3. The van der Waals surface area contributed by atoms with Crippen molar-refractivity contribution in [3.63, 3.8) is 0 Å². The fourth-order valence-electron chi connectivity index (χ4n) is 1.25. The fourth-order valence-corrected chi connectivity index (χ4v) is 1.25. The maximum Gasteiger partial charge on any atom is 0.146 e. The maximum atomic E-state index is 5.31. The van der Waals surface area contributed by atoms with E-state index in [1.165, 1.54) is 0 Å². The van der Waals surface area contributed by atoms with Gasteiger partial charge >= 0.3 is 0 Å². The van der Waals surface area contributed by atoms with Gasteiger partial charge < -0.3 is 9.47 Å². The van der Waals surface area contributed by atoms with Crippen LogP contribution in [-0.2, 0) is 9.47 Å². The fraction of sp³-hybridized carbons (Fsp3) is 0.308. The second-order valence-corrected chi connectivity index (χ2v) is 3.03. The van der Waals surface area contributed by atoms with Gasteiger partial charge in [0.15, 0.2) is 0 Å². The van der Waals surface area contributed by atoms with Crippen LogP contribution in [0.4, 0.5) is 0 Å². The van der Waals surface area contributed by atoms with E-state index < -0.39 is 0 Å². The molecule has 0 fully saturated rings. The summed E-state index contributed by atoms with van der Waals surface area (Å²) >= 11 is 0. The Hall–Kier alpha value is -1.34. The lowest BCUT2D eigenvalue weighted by Crippen LogP contribution is -2.00. The smallest absolute Gasteiger partial charge is 0.146 e. The summed E-state index contributed by atoms with van der Waals surface area (Å²) < 4.78 is 10.1. The summed E-state index contributed by atoms with van der Waals surface area (Å²) in [4.78, 5) is 0. The normalized spacial score (nSPS) is 9.47. The highest BCUT2D eigenvalue weighted by Gasteiger charge is 1.99. The number of ether oxygens (including phenoxy) is 2. The first-order valence-electron chi connectivity index (χ1n) is 4.90. The predicted molar refractivity (Wildman–Crippen MR) is 61.4 cm³/mol. The molecule has 0 amide bonds. The van der Waals surface area contributed by atoms with Crippen molar-refractivity contribution in [2.45, 2.75) is 6.92 Å². The van der Waals surface area contributed by atoms with Crippen LogP contribution in [0.2, 0.25) is 0 Å². The van der Waals surface area contributed by atoms with Crippen molar-refractivity contribution in [2.24, 2.45) is 0 Å². The summed E-state index contributed by atoms with van der Waals surface area (Å²) in [6, 6.07) is 10.1. The van der Waals surface area contributed by atoms with E-state index in [4.69, 9.17) is 9.47 Å². The Balaban J connectivity index is 2.72. The Kier molecular flexibility index (Phi) is 5.49. The zero-order chi connectivity index (χ0) is 10.9. The molecule has 0 radical (unpaired) electrons. The van der Waals surface area contributed by atoms with Crippen LogP contribution in [0, 0.1) is 0 Å². The van der Waals surface area contributed by atoms with Gasteiger partial charge in [0.2, 0.25) is 0 Å². The molecule has 0 aliphatic heterocycles. The van der Waals surface area contributed by atoms with E-state index in [0.717, 1.165) is 11.1 Å². The van der Waals surface area contributed by atoms with Gasteiger partial charge in [-0.1, -0.05) is 30.3 Å². The number of hydrogen-bond acceptors (Lipinski definition) is 2. The SMILES string of the molecule is CC=C=C(COCOC)c1ccccc1. The van der Waals surface area contributed by atoms with Crippen LogP contribution in [0.3, 0.4) is 0 Å². The van der Waals surface area contributed by atoms with Gasteiger partial charge in [0.25, 0.3) is 0 Å². The lowest BCUT2D eigenvalue weighted by Gasteiger charge is -2.05. The molecule has 0 atom stereocenters. The quantitative estimate of drug-likeness (QED) is 0.417. The minimum atomic E-state index is 0.307. The first kappa shape index (κ1) is 11.7. The molecule has 0 heterocycles. The van der Waals surface area contributed by atoms with Gasteiger partial charge in [-0.05, 0) is 18.6 Å². The molecular weight excluding hydrogens is 188 g/mol. The monoisotopic (exact) mass is 204 g/mol. The summed E-state index contributed by atoms with van der Waals surface area (Å²) in [6.45, 7) is 2.77. The molecule has 15 heavy (non-hydrogen) atoms. The lowest BCUT2D eigenvalue weighted by molar-refractivity contribution is -0.0164. The van der Waals surface area contributed by atoms with Crippen molar-refractivity contribution in [3.05, 3.63) is 47.7 Å². The molecule has 2 heteroatoms. The van der Waals surface area contributed by atoms with E-state index in [9.17, 15) is 0 Å². The zero-order valence-electron chi connectivity index (χ0n) is 9.19. The van der Waals surface area contributed by atoms with E-state index in [2.05, 4.69) is 5.73 Å². The molecule has 80 valence electrons. The van der Waals surface area contributed by atoms with Gasteiger partial charge in [-0.2, -0.15) is 0 Å². The molecule has 0 spiro atoms. The Labute approximate surface area is 90.8 Å². The Morgan fingerprint density at radius 2 is 2.07 bits per heavy atom. The number of hydrogen-bond donors (Lipinski definition) is 0. The highest BCUT2D eigenvalue weighted by molar-refractivity contribution is 5.65. The van der Waals surface area contributed by atoms with Crippen LogP contribution in [0.1, 0.15) is 12.5 Å². The molecule has 0 aromatic heterocycles. The molecule has 0 aliphatic carbocycles. The average Bonchev–Trinajstić information content (AvgIpc) is 2.29. The van der Waals surface area contributed by atoms with Crippen LogP contribution >= 0.6 is 0 Å². The van der Waals surface area contributed by atoms with Gasteiger partial charge in [0.05, 0.1) is 6.61 Å². The van der Waals surface area contributed by atoms with Gasteiger partial charge in [-0.25, -0.2) is 0 Å². The highest BCUT2D eigenvalue weighted by Crippen LogP contribution is 2.12. The molecule has 0 saturated carbocycles. The molecule has 1 aromatic rings. The number of rotatable bonds is 5. The molecule has 1 aromatic carbocycles. The van der Waals surface area contributed by atoms with Crippen molar-refractivity contribution >= 4 is 5.57 Å². The maximum absolute atomic E-state index is 5.31. The largest absolute Gasteiger partial charge is 0.359 e. The van der Waals surface area contributed by atoms with E-state index in [1.54, 1.807) is 7.11 Å². The second-order valence-electron chi connectivity index (χ2n) is 3.03. The molecule has 0 aliphatic rings. The van der Waals surface area contributed by atoms with Crippen LogP contribution in [0.25, 0.3) is 5.57 Å². The summed E-state index contributed by atoms with van der Waals surface area (Å²) in [5.41, 5.74) is 5.34. The van der Waals surface area contributed by atoms with Crippen molar-refractivity contribution < 1.29 is 9.47 Å². The summed E-state index contributed by atoms with van der Waals surface area (Å²) in [6.07, 6.45) is 1.89. The van der Waals surface area contributed by atoms with E-state index in [1.807, 2.05) is 43.3 Å². The molecule has 0 bridgehead atoms. The average molecular weight is 204 g/mol. The third kappa shape index (κ3) is 4.13. The predicted octanol–water partition coefficient (Wildman–Crippen LogP) is 2.87. The van der Waals surface area contributed by atoms with Gasteiger partial charge in [0.1, 0.15) is 6.79 Å². The third-order valence-electron chi connectivity index (χ3n) is 1.89. The highest BCUT2D eigenvalue weighted by atomic mass is 16.7. The minimum Gasteiger partial charge on any atom is -0.359 e. The molecule has 1 rings (SSSR count). The number of benzene rings is 1. The molecular formula is C13H16O2. The van der Waals surface area contributed by atoms with Gasteiger partial charge in [-0.3, -0.25) is 0 Å². The van der Waals surface area contributed by atoms with E-state index >= 15 is 0 Å². The van der Waals surface area contributed by atoms with Crippen LogP contribution in [0.5, 0.6) is 0 Å². The van der Waals surface area contributed by atoms with Crippen LogP contribution in [-0.4, -0.2) is 20.5 Å². The van der Waals surface area contributed by atoms with E-state index in [-0.39, 0.29) is 0 Å². The van der Waals surface area contributed by atoms with Crippen molar-refractivity contribution in [2.75, 3.05) is 20.5 Å². The molecule has 2 nitrogen and oxygen atoms in total. The topological polar surface area (TPSA) is 18.5 Å². The first-order chi connectivity index (χ1) is 7.38. The third-order valence-corrected chi connectivity index (χ3v) is 1.89. The van der Waals surface area contributed by atoms with Crippen molar-refractivity contribution in [1.82, 2.24) is 0 Å². The molecule has 0 saturated heterocycles. The Bertz CT molecular complexity index is 335. The van der Waals surface area contributed by atoms with Crippen molar-refractivity contribution in [1.29, 1.82) is 0 Å². The van der Waals surface area contributed by atoms with Crippen LogP contribution < -0.4 is 0 Å². The van der Waals surface area contributed by atoms with Crippen molar-refractivity contribution in [3.8, 4) is 0 Å². The Morgan fingerprint density at radius 3 is 2.67 bits per heavy atom. The zero-order valence-corrected chi connectivity index (χ0v) is 9.19. The number of methoxy groups -OCH3 is 1. The van der Waals surface area contributed by atoms with E-state index in [0.29, 0.717) is 13.4 Å². The van der Waals surface area contributed by atoms with Gasteiger partial charge in [0, 0.05) is 12.7 Å². The summed E-state index contributed by atoms with van der Waals surface area (Å²) in [5.74, 6) is 0. The lowest BCUT2D eigenvalue weighted by atomic mass is 10.1. The second kappa shape index (κ2) is 7.02.